The van der Waals surface area contributed by atoms with Crippen LogP contribution in [-0.2, 0) is 4.79 Å². The molecule has 0 saturated heterocycles. The number of H-pyrrole nitrogens is 1. The fourth-order valence-electron chi connectivity index (χ4n) is 2.26. The quantitative estimate of drug-likeness (QED) is 0.589. The molecule has 7 nitrogen and oxygen atoms in total. The van der Waals surface area contributed by atoms with Crippen LogP contribution >= 0.6 is 0 Å². The third-order valence-electron chi connectivity index (χ3n) is 3.47. The van der Waals surface area contributed by atoms with Crippen molar-refractivity contribution in [2.45, 2.75) is 6.10 Å². The first kappa shape index (κ1) is 14.9. The molecule has 23 heavy (non-hydrogen) atoms. The zero-order valence-corrected chi connectivity index (χ0v) is 12.3. The van der Waals surface area contributed by atoms with Gasteiger partial charge in [-0.25, -0.2) is 0 Å². The van der Waals surface area contributed by atoms with Gasteiger partial charge >= 0.3 is 0 Å². The number of phenolic OH excluding ortho intramolecular Hbond substituents is 1. The Bertz CT molecular complexity index is 859. The highest BCUT2D eigenvalue weighted by molar-refractivity contribution is 5.96. The molecule has 0 fully saturated rings. The monoisotopic (exact) mass is 313 g/mol. The number of fused-ring (bicyclic) bond motifs is 1. The number of nitrogens with one attached hydrogen (secondary N) is 2. The van der Waals surface area contributed by atoms with Crippen LogP contribution in [0.5, 0.6) is 11.5 Å². The number of anilines is 1. The molecule has 1 heterocycles. The maximum absolute atomic E-state index is 12.2. The van der Waals surface area contributed by atoms with Gasteiger partial charge in [-0.15, -0.1) is 0 Å². The molecular formula is C16H15N3O4. The molecule has 0 saturated carbocycles. The SMILES string of the molecule is COc1ccc(C(O)C(=O)Nc2ccc3[nH]ncc3c2)cc1O. The molecule has 0 spiro atoms. The number of aliphatic hydroxyl groups excluding tert-OH is 1. The van der Waals surface area contributed by atoms with Crippen LogP contribution in [0.4, 0.5) is 5.69 Å². The normalized spacial score (nSPS) is 12.1. The summed E-state index contributed by atoms with van der Waals surface area (Å²) in [5.41, 5.74) is 1.66. The zero-order valence-electron chi connectivity index (χ0n) is 12.3. The van der Waals surface area contributed by atoms with Gasteiger partial charge in [-0.2, -0.15) is 5.10 Å². The Morgan fingerprint density at radius 2 is 2.13 bits per heavy atom. The standard InChI is InChI=1S/C16H15N3O4/c1-23-14-5-2-9(7-13(14)20)15(21)16(22)18-11-3-4-12-10(6-11)8-17-19-12/h2-8,15,20-21H,1H3,(H,17,19)(H,18,22). The molecule has 1 unspecified atom stereocenters. The number of nitrogens with zero attached hydrogens (tertiary/aromatic N) is 1. The summed E-state index contributed by atoms with van der Waals surface area (Å²) >= 11 is 0. The molecule has 2 aromatic carbocycles. The average Bonchev–Trinajstić information content (AvgIpc) is 3.01. The lowest BCUT2D eigenvalue weighted by molar-refractivity contribution is -0.124. The van der Waals surface area contributed by atoms with E-state index in [0.29, 0.717) is 5.69 Å². The van der Waals surface area contributed by atoms with Gasteiger partial charge in [-0.1, -0.05) is 6.07 Å². The second-order valence-corrected chi connectivity index (χ2v) is 5.00. The van der Waals surface area contributed by atoms with E-state index in [1.807, 2.05) is 0 Å². The van der Waals surface area contributed by atoms with Crippen molar-refractivity contribution in [3.8, 4) is 11.5 Å². The predicted octanol–water partition coefficient (Wildman–Crippen LogP) is 1.95. The maximum atomic E-state index is 12.2. The third kappa shape index (κ3) is 2.95. The number of hydrogen-bond acceptors (Lipinski definition) is 5. The van der Waals surface area contributed by atoms with Crippen molar-refractivity contribution < 1.29 is 19.7 Å². The summed E-state index contributed by atoms with van der Waals surface area (Å²) in [6.45, 7) is 0. The van der Waals surface area contributed by atoms with Gasteiger partial charge in [0.15, 0.2) is 17.6 Å². The number of ether oxygens (including phenoxy) is 1. The Morgan fingerprint density at radius 3 is 2.87 bits per heavy atom. The van der Waals surface area contributed by atoms with E-state index in [-0.39, 0.29) is 17.1 Å². The van der Waals surface area contributed by atoms with E-state index < -0.39 is 12.0 Å². The van der Waals surface area contributed by atoms with Gasteiger partial charge in [0, 0.05) is 11.1 Å². The van der Waals surface area contributed by atoms with Crippen molar-refractivity contribution >= 4 is 22.5 Å². The molecule has 0 aliphatic rings. The number of phenols is 1. The number of carbonyl (C=O) groups excluding carboxylic acids is 1. The first-order valence-electron chi connectivity index (χ1n) is 6.87. The molecule has 0 aliphatic heterocycles. The van der Waals surface area contributed by atoms with Crippen molar-refractivity contribution in [3.63, 3.8) is 0 Å². The molecule has 0 radical (unpaired) electrons. The fraction of sp³-hybridized carbons (Fsp3) is 0.125. The molecule has 0 bridgehead atoms. The molecule has 3 rings (SSSR count). The van der Waals surface area contributed by atoms with E-state index in [1.54, 1.807) is 24.4 Å². The highest BCUT2D eigenvalue weighted by Gasteiger charge is 2.19. The summed E-state index contributed by atoms with van der Waals surface area (Å²) in [7, 11) is 1.42. The van der Waals surface area contributed by atoms with E-state index in [2.05, 4.69) is 15.5 Å². The number of aromatic hydroxyl groups is 1. The van der Waals surface area contributed by atoms with Crippen molar-refractivity contribution in [3.05, 3.63) is 48.2 Å². The lowest BCUT2D eigenvalue weighted by atomic mass is 10.1. The molecule has 4 N–H and O–H groups in total. The molecule has 118 valence electrons. The maximum Gasteiger partial charge on any atom is 0.257 e. The van der Waals surface area contributed by atoms with Gasteiger partial charge in [-0.3, -0.25) is 9.89 Å². The Balaban J connectivity index is 1.77. The Labute approximate surface area is 131 Å². The van der Waals surface area contributed by atoms with Crippen molar-refractivity contribution in [1.29, 1.82) is 0 Å². The first-order chi connectivity index (χ1) is 11.1. The lowest BCUT2D eigenvalue weighted by Gasteiger charge is -2.13. The number of hydrogen-bond donors (Lipinski definition) is 4. The Morgan fingerprint density at radius 1 is 1.30 bits per heavy atom. The minimum Gasteiger partial charge on any atom is -0.504 e. The van der Waals surface area contributed by atoms with Crippen LogP contribution < -0.4 is 10.1 Å². The van der Waals surface area contributed by atoms with Gasteiger partial charge in [0.1, 0.15) is 0 Å². The third-order valence-corrected chi connectivity index (χ3v) is 3.47. The second-order valence-electron chi connectivity index (χ2n) is 5.00. The summed E-state index contributed by atoms with van der Waals surface area (Å²) in [6, 6.07) is 9.53. The van der Waals surface area contributed by atoms with Crippen LogP contribution in [-0.4, -0.2) is 33.4 Å². The van der Waals surface area contributed by atoms with E-state index in [1.165, 1.54) is 25.3 Å². The summed E-state index contributed by atoms with van der Waals surface area (Å²) in [6.07, 6.45) is 0.231. The average molecular weight is 313 g/mol. The summed E-state index contributed by atoms with van der Waals surface area (Å²) in [5, 5.41) is 30.0. The van der Waals surface area contributed by atoms with Gasteiger partial charge < -0.3 is 20.3 Å². The number of carbonyl (C=O) groups is 1. The Kier molecular flexibility index (Phi) is 3.86. The number of aromatic nitrogens is 2. The smallest absolute Gasteiger partial charge is 0.257 e. The van der Waals surface area contributed by atoms with Crippen LogP contribution in [0, 0.1) is 0 Å². The molecular weight excluding hydrogens is 298 g/mol. The molecule has 7 heteroatoms. The molecule has 0 aliphatic carbocycles. The fourth-order valence-corrected chi connectivity index (χ4v) is 2.26. The van der Waals surface area contributed by atoms with Crippen LogP contribution in [0.1, 0.15) is 11.7 Å². The molecule has 1 aromatic heterocycles. The van der Waals surface area contributed by atoms with E-state index in [9.17, 15) is 15.0 Å². The minimum atomic E-state index is -1.41. The van der Waals surface area contributed by atoms with Gasteiger partial charge in [0.2, 0.25) is 0 Å². The van der Waals surface area contributed by atoms with Crippen molar-refractivity contribution in [2.75, 3.05) is 12.4 Å². The van der Waals surface area contributed by atoms with Crippen molar-refractivity contribution in [2.24, 2.45) is 0 Å². The minimum absolute atomic E-state index is 0.142. The van der Waals surface area contributed by atoms with Gasteiger partial charge in [-0.05, 0) is 35.9 Å². The molecule has 1 amide bonds. The number of benzene rings is 2. The van der Waals surface area contributed by atoms with E-state index in [4.69, 9.17) is 4.74 Å². The molecule has 1 atom stereocenters. The van der Waals surface area contributed by atoms with Crippen molar-refractivity contribution in [1.82, 2.24) is 10.2 Å². The summed E-state index contributed by atoms with van der Waals surface area (Å²) in [4.78, 5) is 12.2. The van der Waals surface area contributed by atoms with Crippen LogP contribution in [0.3, 0.4) is 0 Å². The topological polar surface area (TPSA) is 107 Å². The highest BCUT2D eigenvalue weighted by atomic mass is 16.5. The Hall–Kier alpha value is -3.06. The highest BCUT2D eigenvalue weighted by Crippen LogP contribution is 2.29. The summed E-state index contributed by atoms with van der Waals surface area (Å²) < 4.78 is 4.93. The van der Waals surface area contributed by atoms with Crippen LogP contribution in [0.25, 0.3) is 10.9 Å². The van der Waals surface area contributed by atoms with Gasteiger partial charge in [0.25, 0.3) is 5.91 Å². The van der Waals surface area contributed by atoms with Gasteiger partial charge in [0.05, 0.1) is 18.8 Å². The summed E-state index contributed by atoms with van der Waals surface area (Å²) in [5.74, 6) is -0.471. The number of methoxy groups -OCH3 is 1. The van der Waals surface area contributed by atoms with Crippen LogP contribution in [0.2, 0.25) is 0 Å². The predicted molar refractivity (Wildman–Crippen MR) is 84.3 cm³/mol. The number of rotatable bonds is 4. The lowest BCUT2D eigenvalue weighted by Crippen LogP contribution is -2.20. The zero-order chi connectivity index (χ0) is 16.4. The van der Waals surface area contributed by atoms with Crippen LogP contribution in [0.15, 0.2) is 42.6 Å². The van der Waals surface area contributed by atoms with E-state index >= 15 is 0 Å². The molecule has 3 aromatic rings. The first-order valence-corrected chi connectivity index (χ1v) is 6.87. The number of aromatic amines is 1. The van der Waals surface area contributed by atoms with E-state index in [0.717, 1.165) is 10.9 Å². The largest absolute Gasteiger partial charge is 0.504 e. The number of aliphatic hydroxyl groups is 1. The number of amides is 1. The second kappa shape index (κ2) is 5.98.